The van der Waals surface area contributed by atoms with Crippen molar-refractivity contribution in [3.05, 3.63) is 68.1 Å². The number of hydrogen-bond donors (Lipinski definition) is 1. The summed E-state index contributed by atoms with van der Waals surface area (Å²) in [5.74, 6) is -1.37. The van der Waals surface area contributed by atoms with E-state index in [4.69, 9.17) is 5.26 Å². The molecule has 8 heteroatoms. The monoisotopic (exact) mass is 404 g/mol. The molecule has 152 valence electrons. The van der Waals surface area contributed by atoms with E-state index in [0.717, 1.165) is 9.47 Å². The largest absolute Gasteiger partial charge is 0.494 e. The number of carbonyl (C=O) groups excluding carboxylic acids is 2. The number of imide groups is 1. The first-order valence-corrected chi connectivity index (χ1v) is 9.06. The molecule has 0 bridgehead atoms. The van der Waals surface area contributed by atoms with Gasteiger partial charge in [0.15, 0.2) is 0 Å². The highest BCUT2D eigenvalue weighted by molar-refractivity contribution is 6.17. The van der Waals surface area contributed by atoms with Crippen molar-refractivity contribution in [1.29, 1.82) is 10.5 Å². The molecule has 1 aliphatic rings. The van der Waals surface area contributed by atoms with E-state index in [2.05, 4.69) is 0 Å². The van der Waals surface area contributed by atoms with Gasteiger partial charge in [0.1, 0.15) is 23.3 Å². The summed E-state index contributed by atoms with van der Waals surface area (Å²) < 4.78 is 1.11. The van der Waals surface area contributed by atoms with Gasteiger partial charge in [-0.05, 0) is 44.1 Å². The van der Waals surface area contributed by atoms with Gasteiger partial charge in [0, 0.05) is 24.7 Å². The van der Waals surface area contributed by atoms with E-state index in [1.54, 1.807) is 38.2 Å². The molecule has 2 amide bonds. The first kappa shape index (κ1) is 22.1. The Hall–Kier alpha value is -4.17. The second kappa shape index (κ2) is 8.89. The second-order valence-corrected chi connectivity index (χ2v) is 6.50. The summed E-state index contributed by atoms with van der Waals surface area (Å²) in [7, 11) is 1.31. The highest BCUT2D eigenvalue weighted by Gasteiger charge is 2.32. The maximum absolute atomic E-state index is 12.3. The van der Waals surface area contributed by atoms with Gasteiger partial charge in [0.25, 0.3) is 17.4 Å². The van der Waals surface area contributed by atoms with Crippen LogP contribution in [0.15, 0.2) is 45.8 Å². The third kappa shape index (κ3) is 3.71. The van der Waals surface area contributed by atoms with Crippen molar-refractivity contribution in [2.75, 3.05) is 7.05 Å². The number of carbonyl (C=O) groups is 2. The summed E-state index contributed by atoms with van der Waals surface area (Å²) in [4.78, 5) is 37.3. The van der Waals surface area contributed by atoms with Crippen molar-refractivity contribution in [2.24, 2.45) is 0 Å². The zero-order valence-electron chi connectivity index (χ0n) is 17.1. The molecule has 2 heterocycles. The Kier molecular flexibility index (Phi) is 6.55. The molecule has 1 aromatic heterocycles. The first-order valence-electron chi connectivity index (χ1n) is 9.06. The lowest BCUT2D eigenvalue weighted by Gasteiger charge is -2.23. The third-order valence-corrected chi connectivity index (χ3v) is 4.85. The van der Waals surface area contributed by atoms with Crippen LogP contribution in [0.5, 0.6) is 5.88 Å². The number of allylic oxidation sites excluding steroid dienone is 4. The number of aromatic nitrogens is 1. The smallest absolute Gasteiger partial charge is 0.271 e. The summed E-state index contributed by atoms with van der Waals surface area (Å²) in [6.07, 6.45) is 7.76. The van der Waals surface area contributed by atoms with E-state index in [0.29, 0.717) is 16.7 Å². The zero-order chi connectivity index (χ0) is 22.6. The van der Waals surface area contributed by atoms with Gasteiger partial charge in [0.05, 0.1) is 0 Å². The molecule has 2 rings (SSSR count). The van der Waals surface area contributed by atoms with Crippen LogP contribution in [0.3, 0.4) is 0 Å². The molecule has 30 heavy (non-hydrogen) atoms. The SMILES string of the molecule is CCn1c(O)c(C=CC=C/C=C2\C(=O)N(C)C(=O)C(C#N)=C2C)c(C)c(C#N)c1=O. The first-order chi connectivity index (χ1) is 14.2. The highest BCUT2D eigenvalue weighted by atomic mass is 16.3. The van der Waals surface area contributed by atoms with Crippen LogP contribution in [-0.2, 0) is 16.1 Å². The van der Waals surface area contributed by atoms with Gasteiger partial charge in [-0.1, -0.05) is 18.2 Å². The number of rotatable bonds is 4. The molecule has 0 saturated carbocycles. The van der Waals surface area contributed by atoms with Crippen molar-refractivity contribution in [3.63, 3.8) is 0 Å². The summed E-state index contributed by atoms with van der Waals surface area (Å²) in [6, 6.07) is 3.69. The van der Waals surface area contributed by atoms with Crippen molar-refractivity contribution in [1.82, 2.24) is 9.47 Å². The maximum atomic E-state index is 12.3. The van der Waals surface area contributed by atoms with E-state index in [9.17, 15) is 24.8 Å². The minimum absolute atomic E-state index is 0.0364. The molecule has 1 aromatic rings. The van der Waals surface area contributed by atoms with Gasteiger partial charge >= 0.3 is 0 Å². The molecular formula is C22H20N4O4. The fraction of sp³-hybridized carbons (Fsp3) is 0.227. The van der Waals surface area contributed by atoms with Crippen molar-refractivity contribution in [2.45, 2.75) is 27.3 Å². The molecule has 1 aliphatic heterocycles. The van der Waals surface area contributed by atoms with Crippen molar-refractivity contribution in [3.8, 4) is 18.0 Å². The number of nitrogens with zero attached hydrogens (tertiary/aromatic N) is 4. The van der Waals surface area contributed by atoms with E-state index < -0.39 is 17.4 Å². The molecule has 0 fully saturated rings. The van der Waals surface area contributed by atoms with Crippen LogP contribution < -0.4 is 5.56 Å². The minimum Gasteiger partial charge on any atom is -0.494 e. The van der Waals surface area contributed by atoms with E-state index in [1.165, 1.54) is 20.0 Å². The molecule has 0 saturated heterocycles. The van der Waals surface area contributed by atoms with Crippen LogP contribution in [0.1, 0.15) is 30.5 Å². The zero-order valence-corrected chi connectivity index (χ0v) is 17.1. The Morgan fingerprint density at radius 1 is 1.03 bits per heavy atom. The normalized spacial score (nSPS) is 16.1. The van der Waals surface area contributed by atoms with Crippen LogP contribution in [0, 0.1) is 29.6 Å². The molecule has 0 radical (unpaired) electrons. The predicted molar refractivity (Wildman–Crippen MR) is 110 cm³/mol. The molecule has 0 unspecified atom stereocenters. The number of nitriles is 2. The number of pyridine rings is 1. The predicted octanol–water partition coefficient (Wildman–Crippen LogP) is 2.09. The van der Waals surface area contributed by atoms with Crippen LogP contribution in [-0.4, -0.2) is 33.4 Å². The molecule has 0 aromatic carbocycles. The Morgan fingerprint density at radius 3 is 2.27 bits per heavy atom. The Bertz CT molecular complexity index is 1200. The number of amides is 2. The highest BCUT2D eigenvalue weighted by Crippen LogP contribution is 2.25. The summed E-state index contributed by atoms with van der Waals surface area (Å²) in [5.41, 5.74) is 0.576. The van der Waals surface area contributed by atoms with E-state index in [1.807, 2.05) is 12.1 Å². The van der Waals surface area contributed by atoms with Crippen LogP contribution in [0.2, 0.25) is 0 Å². The molecule has 0 aliphatic carbocycles. The fourth-order valence-corrected chi connectivity index (χ4v) is 3.06. The van der Waals surface area contributed by atoms with Gasteiger partial charge in [-0.25, -0.2) is 0 Å². The lowest BCUT2D eigenvalue weighted by atomic mass is 9.95. The van der Waals surface area contributed by atoms with Crippen LogP contribution in [0.25, 0.3) is 6.08 Å². The van der Waals surface area contributed by atoms with Crippen LogP contribution in [0.4, 0.5) is 0 Å². The topological polar surface area (TPSA) is 127 Å². The van der Waals surface area contributed by atoms with Crippen LogP contribution >= 0.6 is 0 Å². The molecule has 8 nitrogen and oxygen atoms in total. The van der Waals surface area contributed by atoms with Gasteiger partial charge in [-0.15, -0.1) is 0 Å². The third-order valence-electron chi connectivity index (χ3n) is 4.85. The molecule has 1 N–H and O–H groups in total. The average Bonchev–Trinajstić information content (AvgIpc) is 2.71. The summed E-state index contributed by atoms with van der Waals surface area (Å²) in [6.45, 7) is 5.01. The number of hydrogen-bond acceptors (Lipinski definition) is 6. The van der Waals surface area contributed by atoms with Crippen molar-refractivity contribution >= 4 is 17.9 Å². The van der Waals surface area contributed by atoms with Gasteiger partial charge < -0.3 is 5.11 Å². The van der Waals surface area contributed by atoms with Crippen molar-refractivity contribution < 1.29 is 14.7 Å². The van der Waals surface area contributed by atoms with E-state index >= 15 is 0 Å². The average molecular weight is 404 g/mol. The summed E-state index contributed by atoms with van der Waals surface area (Å²) >= 11 is 0. The molecule has 0 spiro atoms. The number of likely N-dealkylation sites (N-methyl/N-ethyl adjacent to an activating group) is 1. The lowest BCUT2D eigenvalue weighted by molar-refractivity contribution is -0.138. The molecule has 0 atom stereocenters. The van der Waals surface area contributed by atoms with Gasteiger partial charge in [-0.2, -0.15) is 10.5 Å². The fourth-order valence-electron chi connectivity index (χ4n) is 3.06. The Morgan fingerprint density at radius 2 is 1.70 bits per heavy atom. The second-order valence-electron chi connectivity index (χ2n) is 6.50. The van der Waals surface area contributed by atoms with Gasteiger partial charge in [0.2, 0.25) is 5.88 Å². The Labute approximate surface area is 173 Å². The summed E-state index contributed by atoms with van der Waals surface area (Å²) in [5, 5.41) is 28.8. The Balaban J connectivity index is 2.41. The van der Waals surface area contributed by atoms with E-state index in [-0.39, 0.29) is 29.1 Å². The quantitative estimate of drug-likeness (QED) is 0.465. The number of aromatic hydroxyl groups is 1. The molecular weight excluding hydrogens is 384 g/mol. The van der Waals surface area contributed by atoms with Gasteiger partial charge in [-0.3, -0.25) is 23.9 Å². The maximum Gasteiger partial charge on any atom is 0.271 e. The lowest BCUT2D eigenvalue weighted by Crippen LogP contribution is -2.39. The minimum atomic E-state index is -0.633. The standard InChI is InChI=1S/C22H20N4O4/c1-5-26-21(29)16(14(3)18(12-24)22(26)30)10-8-6-7-9-15-13(2)17(11-23)20(28)25(4)19(15)27/h6-10,29H,5H2,1-4H3/b7-6?,10-8?,15-9-.